The summed E-state index contributed by atoms with van der Waals surface area (Å²) in [5.74, 6) is -0.310. The van der Waals surface area contributed by atoms with Gasteiger partial charge in [-0.2, -0.15) is 4.98 Å². The predicted octanol–water partition coefficient (Wildman–Crippen LogP) is 5.63. The molecule has 4 rings (SSSR count). The van der Waals surface area contributed by atoms with Crippen LogP contribution < -0.4 is 10.1 Å². The molecule has 2 aromatic heterocycles. The normalized spacial score (nSPS) is 10.8. The number of carboxylic acids is 1. The van der Waals surface area contributed by atoms with Crippen molar-refractivity contribution in [3.8, 4) is 11.5 Å². The monoisotopic (exact) mass is 429 g/mol. The smallest absolute Gasteiger partial charge is 0.354 e. The molecular weight excluding hydrogens is 417 g/mol. The van der Waals surface area contributed by atoms with Gasteiger partial charge in [-0.1, -0.05) is 29.3 Å². The average molecular weight is 430 g/mol. The summed E-state index contributed by atoms with van der Waals surface area (Å²) in [6, 6.07) is 13.6. The van der Waals surface area contributed by atoms with E-state index in [0.717, 1.165) is 5.56 Å². The topological polar surface area (TPSA) is 97.5 Å². The molecule has 9 heteroatoms. The number of halogens is 2. The van der Waals surface area contributed by atoms with Gasteiger partial charge < -0.3 is 19.6 Å². The van der Waals surface area contributed by atoms with Crippen LogP contribution in [0.3, 0.4) is 0 Å². The zero-order valence-electron chi connectivity index (χ0n) is 14.7. The molecular formula is C20H13Cl2N3O4. The van der Waals surface area contributed by atoms with Gasteiger partial charge in [-0.15, -0.1) is 0 Å². The molecule has 146 valence electrons. The van der Waals surface area contributed by atoms with E-state index >= 15 is 0 Å². The van der Waals surface area contributed by atoms with E-state index in [2.05, 4.69) is 15.3 Å². The average Bonchev–Trinajstić information content (AvgIpc) is 3.10. The molecule has 0 saturated carbocycles. The number of aromatic carboxylic acids is 1. The Morgan fingerprint density at radius 3 is 2.62 bits per heavy atom. The number of rotatable bonds is 6. The molecule has 2 N–H and O–H groups in total. The Labute approximate surface area is 174 Å². The van der Waals surface area contributed by atoms with Gasteiger partial charge in [-0.25, -0.2) is 9.78 Å². The summed E-state index contributed by atoms with van der Waals surface area (Å²) >= 11 is 12.3. The van der Waals surface area contributed by atoms with Gasteiger partial charge in [0.15, 0.2) is 11.3 Å². The lowest BCUT2D eigenvalue weighted by molar-refractivity contribution is 0.0690. The van der Waals surface area contributed by atoms with E-state index in [9.17, 15) is 4.79 Å². The Morgan fingerprint density at radius 1 is 1.10 bits per heavy atom. The van der Waals surface area contributed by atoms with Gasteiger partial charge in [0.1, 0.15) is 17.0 Å². The van der Waals surface area contributed by atoms with Gasteiger partial charge in [-0.3, -0.25) is 0 Å². The molecule has 2 aromatic carbocycles. The van der Waals surface area contributed by atoms with Crippen LogP contribution in [-0.2, 0) is 6.54 Å². The first-order chi connectivity index (χ1) is 14.0. The maximum Gasteiger partial charge on any atom is 0.354 e. The van der Waals surface area contributed by atoms with Gasteiger partial charge >= 0.3 is 5.97 Å². The number of pyridine rings is 1. The van der Waals surface area contributed by atoms with Crippen molar-refractivity contribution >= 4 is 46.3 Å². The van der Waals surface area contributed by atoms with E-state index in [4.69, 9.17) is 37.5 Å². The van der Waals surface area contributed by atoms with Crippen molar-refractivity contribution in [2.75, 3.05) is 5.32 Å². The molecule has 0 amide bonds. The summed E-state index contributed by atoms with van der Waals surface area (Å²) in [6.45, 7) is 0.351. The zero-order chi connectivity index (χ0) is 20.4. The molecule has 2 heterocycles. The molecule has 0 saturated heterocycles. The summed E-state index contributed by atoms with van der Waals surface area (Å²) in [5.41, 5.74) is 1.77. The van der Waals surface area contributed by atoms with Crippen molar-refractivity contribution < 1.29 is 19.1 Å². The van der Waals surface area contributed by atoms with E-state index in [1.807, 2.05) is 0 Å². The first-order valence-corrected chi connectivity index (χ1v) is 9.20. The molecule has 7 nitrogen and oxygen atoms in total. The second-order valence-corrected chi connectivity index (χ2v) is 6.80. The number of carbonyl (C=O) groups is 1. The first-order valence-electron chi connectivity index (χ1n) is 8.44. The third-order valence-electron chi connectivity index (χ3n) is 4.02. The summed E-state index contributed by atoms with van der Waals surface area (Å²) in [4.78, 5) is 19.1. The fourth-order valence-corrected chi connectivity index (χ4v) is 3.17. The van der Waals surface area contributed by atoms with Crippen LogP contribution in [0.2, 0.25) is 10.0 Å². The number of nitrogens with zero attached hydrogens (tertiary/aromatic N) is 2. The minimum atomic E-state index is -1.13. The standard InChI is InChI=1S/C20H13Cl2N3O4/c21-14-2-1-3-15(22)13(14)10-24-20-25-16-5-4-11(9-18(16)29-20)28-12-6-7-23-17(8-12)19(26)27/h1-9H,10H2,(H,24,25)(H,26,27). The molecule has 4 aromatic rings. The van der Waals surface area contributed by atoms with Gasteiger partial charge in [0.05, 0.1) is 0 Å². The lowest BCUT2D eigenvalue weighted by Crippen LogP contribution is -2.00. The maximum atomic E-state index is 11.0. The van der Waals surface area contributed by atoms with Gasteiger partial charge in [0.25, 0.3) is 6.01 Å². The second kappa shape index (κ2) is 7.98. The molecule has 0 unspecified atom stereocenters. The third kappa shape index (κ3) is 4.26. The Morgan fingerprint density at radius 2 is 1.86 bits per heavy atom. The van der Waals surface area contributed by atoms with Crippen LogP contribution in [0.5, 0.6) is 11.5 Å². The van der Waals surface area contributed by atoms with Crippen LogP contribution >= 0.6 is 23.2 Å². The van der Waals surface area contributed by atoms with E-state index in [0.29, 0.717) is 45.2 Å². The van der Waals surface area contributed by atoms with Crippen molar-refractivity contribution in [2.45, 2.75) is 6.54 Å². The molecule has 0 aliphatic rings. The fraction of sp³-hybridized carbons (Fsp3) is 0.0500. The zero-order valence-corrected chi connectivity index (χ0v) is 16.2. The van der Waals surface area contributed by atoms with Crippen LogP contribution in [-0.4, -0.2) is 21.0 Å². The fourth-order valence-electron chi connectivity index (χ4n) is 2.64. The Hall–Kier alpha value is -3.29. The highest BCUT2D eigenvalue weighted by Crippen LogP contribution is 2.29. The summed E-state index contributed by atoms with van der Waals surface area (Å²) < 4.78 is 11.4. The number of carboxylic acid groups (broad SMARTS) is 1. The van der Waals surface area contributed by atoms with Crippen LogP contribution in [0.25, 0.3) is 11.1 Å². The van der Waals surface area contributed by atoms with Gasteiger partial charge in [0, 0.05) is 40.5 Å². The highest BCUT2D eigenvalue weighted by Gasteiger charge is 2.11. The highest BCUT2D eigenvalue weighted by atomic mass is 35.5. The lowest BCUT2D eigenvalue weighted by Gasteiger charge is -2.06. The first kappa shape index (κ1) is 19.0. The Bertz CT molecular complexity index is 1190. The largest absolute Gasteiger partial charge is 0.477 e. The van der Waals surface area contributed by atoms with Crippen LogP contribution in [0.4, 0.5) is 6.01 Å². The van der Waals surface area contributed by atoms with E-state index in [1.165, 1.54) is 12.3 Å². The van der Waals surface area contributed by atoms with Crippen LogP contribution in [0, 0.1) is 0 Å². The maximum absolute atomic E-state index is 11.0. The van der Waals surface area contributed by atoms with Crippen LogP contribution in [0.15, 0.2) is 59.1 Å². The van der Waals surface area contributed by atoms with Crippen molar-refractivity contribution in [3.63, 3.8) is 0 Å². The number of hydrogen-bond acceptors (Lipinski definition) is 6. The molecule has 0 atom stereocenters. The number of aromatic nitrogens is 2. The van der Waals surface area contributed by atoms with E-state index in [-0.39, 0.29) is 5.69 Å². The Kier molecular flexibility index (Phi) is 5.24. The van der Waals surface area contributed by atoms with Crippen molar-refractivity contribution in [2.24, 2.45) is 0 Å². The summed E-state index contributed by atoms with van der Waals surface area (Å²) in [6.07, 6.45) is 1.37. The van der Waals surface area contributed by atoms with Crippen molar-refractivity contribution in [1.29, 1.82) is 0 Å². The predicted molar refractivity (Wildman–Crippen MR) is 109 cm³/mol. The summed E-state index contributed by atoms with van der Waals surface area (Å²) in [5, 5.41) is 13.2. The van der Waals surface area contributed by atoms with Crippen LogP contribution in [0.1, 0.15) is 16.1 Å². The highest BCUT2D eigenvalue weighted by molar-refractivity contribution is 6.36. The summed E-state index contributed by atoms with van der Waals surface area (Å²) in [7, 11) is 0. The number of hydrogen-bond donors (Lipinski definition) is 2. The lowest BCUT2D eigenvalue weighted by atomic mass is 10.2. The molecule has 0 spiro atoms. The minimum Gasteiger partial charge on any atom is -0.477 e. The molecule has 0 bridgehead atoms. The number of fused-ring (bicyclic) bond motifs is 1. The Balaban J connectivity index is 1.52. The number of anilines is 1. The van der Waals surface area contributed by atoms with E-state index < -0.39 is 5.97 Å². The number of nitrogens with one attached hydrogen (secondary N) is 1. The molecule has 0 fully saturated rings. The molecule has 29 heavy (non-hydrogen) atoms. The number of oxazole rings is 1. The van der Waals surface area contributed by atoms with Gasteiger partial charge in [-0.05, 0) is 30.3 Å². The quantitative estimate of drug-likeness (QED) is 0.409. The number of ether oxygens (including phenoxy) is 1. The van der Waals surface area contributed by atoms with E-state index in [1.54, 1.807) is 42.5 Å². The van der Waals surface area contributed by atoms with Gasteiger partial charge in [0.2, 0.25) is 0 Å². The second-order valence-electron chi connectivity index (χ2n) is 5.99. The molecule has 0 radical (unpaired) electrons. The minimum absolute atomic E-state index is 0.104. The molecule has 0 aliphatic carbocycles. The third-order valence-corrected chi connectivity index (χ3v) is 4.73. The SMILES string of the molecule is O=C(O)c1cc(Oc2ccc3nc(NCc4c(Cl)cccc4Cl)oc3c2)ccn1. The molecule has 0 aliphatic heterocycles. The van der Waals surface area contributed by atoms with Crippen molar-refractivity contribution in [3.05, 3.63) is 76.0 Å². The van der Waals surface area contributed by atoms with Crippen molar-refractivity contribution in [1.82, 2.24) is 9.97 Å². The number of benzene rings is 2.